The fourth-order valence-corrected chi connectivity index (χ4v) is 4.00. The van der Waals surface area contributed by atoms with Crippen molar-refractivity contribution in [1.29, 1.82) is 0 Å². The van der Waals surface area contributed by atoms with Crippen LogP contribution in [0.5, 0.6) is 0 Å². The lowest BCUT2D eigenvalue weighted by Crippen LogP contribution is -2.24. The van der Waals surface area contributed by atoms with Gasteiger partial charge in [-0.25, -0.2) is 8.42 Å². The van der Waals surface area contributed by atoms with Crippen LogP contribution in [0.1, 0.15) is 18.4 Å². The minimum Gasteiger partial charge on any atom is -0.312 e. The SMILES string of the molecule is Cc1cc(S(=O)(=O)Nc2ccc(Cl)cc2)ccc1N1CCCC1=O. The largest absolute Gasteiger partial charge is 0.312 e. The highest BCUT2D eigenvalue weighted by molar-refractivity contribution is 7.92. The van der Waals surface area contributed by atoms with Gasteiger partial charge in [-0.2, -0.15) is 0 Å². The van der Waals surface area contributed by atoms with Gasteiger partial charge in [-0.3, -0.25) is 9.52 Å². The molecule has 2 aromatic rings. The molecule has 1 aliphatic rings. The Balaban J connectivity index is 1.87. The predicted molar refractivity (Wildman–Crippen MR) is 95.0 cm³/mol. The highest BCUT2D eigenvalue weighted by Crippen LogP contribution is 2.28. The van der Waals surface area contributed by atoms with Gasteiger partial charge in [0.25, 0.3) is 10.0 Å². The van der Waals surface area contributed by atoms with Crippen LogP contribution in [-0.2, 0) is 14.8 Å². The van der Waals surface area contributed by atoms with E-state index in [-0.39, 0.29) is 10.8 Å². The van der Waals surface area contributed by atoms with Crippen LogP contribution in [0.4, 0.5) is 11.4 Å². The van der Waals surface area contributed by atoms with E-state index in [2.05, 4.69) is 4.72 Å². The van der Waals surface area contributed by atoms with Crippen molar-refractivity contribution in [3.05, 3.63) is 53.1 Å². The van der Waals surface area contributed by atoms with E-state index in [1.54, 1.807) is 41.3 Å². The van der Waals surface area contributed by atoms with E-state index >= 15 is 0 Å². The second-order valence-corrected chi connectivity index (χ2v) is 7.83. The molecule has 0 unspecified atom stereocenters. The summed E-state index contributed by atoms with van der Waals surface area (Å²) < 4.78 is 27.5. The maximum absolute atomic E-state index is 12.5. The molecule has 24 heavy (non-hydrogen) atoms. The Morgan fingerprint density at radius 3 is 2.42 bits per heavy atom. The second-order valence-electron chi connectivity index (χ2n) is 5.71. The molecule has 0 saturated carbocycles. The first-order valence-electron chi connectivity index (χ1n) is 7.56. The monoisotopic (exact) mass is 364 g/mol. The van der Waals surface area contributed by atoms with Gasteiger partial charge in [-0.15, -0.1) is 0 Å². The van der Waals surface area contributed by atoms with Crippen LogP contribution < -0.4 is 9.62 Å². The summed E-state index contributed by atoms with van der Waals surface area (Å²) in [6.07, 6.45) is 1.37. The van der Waals surface area contributed by atoms with E-state index in [4.69, 9.17) is 11.6 Å². The van der Waals surface area contributed by atoms with Gasteiger partial charge in [-0.1, -0.05) is 11.6 Å². The Kier molecular flexibility index (Phi) is 4.51. The zero-order chi connectivity index (χ0) is 17.3. The summed E-state index contributed by atoms with van der Waals surface area (Å²) in [5, 5.41) is 0.536. The first-order chi connectivity index (χ1) is 11.4. The molecule has 126 valence electrons. The fraction of sp³-hybridized carbons (Fsp3) is 0.235. The molecule has 1 aliphatic heterocycles. The number of amides is 1. The first-order valence-corrected chi connectivity index (χ1v) is 9.42. The lowest BCUT2D eigenvalue weighted by atomic mass is 10.2. The Labute approximate surface area is 146 Å². The summed E-state index contributed by atoms with van der Waals surface area (Å²) in [4.78, 5) is 13.7. The zero-order valence-corrected chi connectivity index (χ0v) is 14.7. The molecule has 1 heterocycles. The lowest BCUT2D eigenvalue weighted by Gasteiger charge is -2.19. The Bertz CT molecular complexity index is 879. The van der Waals surface area contributed by atoms with Crippen LogP contribution in [0.25, 0.3) is 0 Å². The van der Waals surface area contributed by atoms with Crippen molar-refractivity contribution in [2.24, 2.45) is 0 Å². The number of carbonyl (C=O) groups excluding carboxylic acids is 1. The van der Waals surface area contributed by atoms with Crippen molar-refractivity contribution in [2.45, 2.75) is 24.7 Å². The summed E-state index contributed by atoms with van der Waals surface area (Å²) >= 11 is 5.80. The van der Waals surface area contributed by atoms with Gasteiger partial charge in [-0.05, 0) is 61.4 Å². The van der Waals surface area contributed by atoms with Crippen molar-refractivity contribution in [3.63, 3.8) is 0 Å². The smallest absolute Gasteiger partial charge is 0.261 e. The zero-order valence-electron chi connectivity index (χ0n) is 13.1. The quantitative estimate of drug-likeness (QED) is 0.901. The molecule has 5 nitrogen and oxygen atoms in total. The number of nitrogens with one attached hydrogen (secondary N) is 1. The molecule has 0 aliphatic carbocycles. The number of nitrogens with zero attached hydrogens (tertiary/aromatic N) is 1. The van der Waals surface area contributed by atoms with Gasteiger partial charge in [0.2, 0.25) is 5.91 Å². The summed E-state index contributed by atoms with van der Waals surface area (Å²) in [7, 11) is -3.70. The molecule has 1 saturated heterocycles. The maximum atomic E-state index is 12.5. The van der Waals surface area contributed by atoms with Crippen molar-refractivity contribution in [1.82, 2.24) is 0 Å². The first kappa shape index (κ1) is 16.8. The van der Waals surface area contributed by atoms with Crippen LogP contribution in [0.15, 0.2) is 47.4 Å². The number of sulfonamides is 1. The molecule has 1 amide bonds. The molecule has 7 heteroatoms. The molecule has 0 radical (unpaired) electrons. The maximum Gasteiger partial charge on any atom is 0.261 e. The van der Waals surface area contributed by atoms with E-state index < -0.39 is 10.0 Å². The molecule has 2 aromatic carbocycles. The van der Waals surface area contributed by atoms with Crippen LogP contribution in [0, 0.1) is 6.92 Å². The molecule has 0 bridgehead atoms. The number of carbonyl (C=O) groups is 1. The summed E-state index contributed by atoms with van der Waals surface area (Å²) in [5.74, 6) is 0.0768. The van der Waals surface area contributed by atoms with E-state index in [0.717, 1.165) is 17.7 Å². The fourth-order valence-electron chi connectivity index (χ4n) is 2.73. The van der Waals surface area contributed by atoms with Crippen molar-refractivity contribution in [3.8, 4) is 0 Å². The highest BCUT2D eigenvalue weighted by atomic mass is 35.5. The molecular formula is C17H17ClN2O3S. The normalized spacial score (nSPS) is 14.9. The van der Waals surface area contributed by atoms with E-state index in [0.29, 0.717) is 23.7 Å². The van der Waals surface area contributed by atoms with Crippen LogP contribution in [0.3, 0.4) is 0 Å². The second kappa shape index (κ2) is 6.45. The van der Waals surface area contributed by atoms with Gasteiger partial charge in [0.15, 0.2) is 0 Å². The van der Waals surface area contributed by atoms with Gasteiger partial charge in [0, 0.05) is 29.4 Å². The number of hydrogen-bond acceptors (Lipinski definition) is 3. The average molecular weight is 365 g/mol. The summed E-state index contributed by atoms with van der Waals surface area (Å²) in [6, 6.07) is 11.2. The third-order valence-corrected chi connectivity index (χ3v) is 5.57. The van der Waals surface area contributed by atoms with Gasteiger partial charge >= 0.3 is 0 Å². The molecule has 1 fully saturated rings. The number of halogens is 1. The Hall–Kier alpha value is -2.05. The third-order valence-electron chi connectivity index (χ3n) is 3.94. The number of benzene rings is 2. The molecule has 3 rings (SSSR count). The number of anilines is 2. The van der Waals surface area contributed by atoms with Crippen LogP contribution >= 0.6 is 11.6 Å². The molecule has 0 aromatic heterocycles. The van der Waals surface area contributed by atoms with Crippen molar-refractivity contribution >= 4 is 38.9 Å². The van der Waals surface area contributed by atoms with Gasteiger partial charge in [0.1, 0.15) is 0 Å². The topological polar surface area (TPSA) is 66.5 Å². The minimum absolute atomic E-state index is 0.0768. The number of hydrogen-bond donors (Lipinski definition) is 1. The summed E-state index contributed by atoms with van der Waals surface area (Å²) in [6.45, 7) is 2.48. The van der Waals surface area contributed by atoms with Crippen LogP contribution in [0.2, 0.25) is 5.02 Å². The molecule has 1 N–H and O–H groups in total. The molecular weight excluding hydrogens is 348 g/mol. The standard InChI is InChI=1S/C17H17ClN2O3S/c1-12-11-15(8-9-16(12)20-10-2-3-17(20)21)24(22,23)19-14-6-4-13(18)5-7-14/h4-9,11,19H,2-3,10H2,1H3. The summed E-state index contributed by atoms with van der Waals surface area (Å²) in [5.41, 5.74) is 1.96. The number of aryl methyl sites for hydroxylation is 1. The third kappa shape index (κ3) is 3.39. The number of rotatable bonds is 4. The molecule has 0 spiro atoms. The lowest BCUT2D eigenvalue weighted by molar-refractivity contribution is -0.117. The van der Waals surface area contributed by atoms with E-state index in [9.17, 15) is 13.2 Å². The average Bonchev–Trinajstić information content (AvgIpc) is 2.95. The molecule has 0 atom stereocenters. The predicted octanol–water partition coefficient (Wildman–Crippen LogP) is 3.58. The van der Waals surface area contributed by atoms with E-state index in [1.165, 1.54) is 6.07 Å². The van der Waals surface area contributed by atoms with Crippen LogP contribution in [-0.4, -0.2) is 20.9 Å². The van der Waals surface area contributed by atoms with Gasteiger partial charge in [0.05, 0.1) is 4.90 Å². The van der Waals surface area contributed by atoms with E-state index in [1.807, 2.05) is 6.92 Å². The van der Waals surface area contributed by atoms with Crippen molar-refractivity contribution < 1.29 is 13.2 Å². The van der Waals surface area contributed by atoms with Gasteiger partial charge < -0.3 is 4.90 Å². The highest BCUT2D eigenvalue weighted by Gasteiger charge is 2.24. The minimum atomic E-state index is -3.70. The Morgan fingerprint density at radius 1 is 1.12 bits per heavy atom. The van der Waals surface area contributed by atoms with Crippen molar-refractivity contribution in [2.75, 3.05) is 16.2 Å². The Morgan fingerprint density at radius 2 is 1.83 bits per heavy atom.